The lowest BCUT2D eigenvalue weighted by atomic mass is 10.1. The molecular weight excluding hydrogens is 271 g/mol. The molecule has 0 fully saturated rings. The molecule has 0 amide bonds. The van der Waals surface area contributed by atoms with Gasteiger partial charge in [-0.05, 0) is 41.5 Å². The summed E-state index contributed by atoms with van der Waals surface area (Å²) in [6.07, 6.45) is -5.54. The van der Waals surface area contributed by atoms with E-state index in [1.807, 2.05) is 0 Å². The first-order valence-electron chi connectivity index (χ1n) is 5.56. The Kier molecular flexibility index (Phi) is 4.99. The van der Waals surface area contributed by atoms with Crippen molar-refractivity contribution in [1.29, 1.82) is 0 Å². The summed E-state index contributed by atoms with van der Waals surface area (Å²) in [5, 5.41) is 0. The molecule has 110 valence electrons. The summed E-state index contributed by atoms with van der Waals surface area (Å²) in [5.74, 6) is 0. The van der Waals surface area contributed by atoms with Crippen LogP contribution in [0.2, 0.25) is 0 Å². The van der Waals surface area contributed by atoms with Crippen molar-refractivity contribution in [2.24, 2.45) is 0 Å². The molecule has 2 N–H and O–H groups in total. The quantitative estimate of drug-likeness (QED) is 0.617. The molecule has 0 bridgehead atoms. The molecule has 2 nitrogen and oxygen atoms in total. The molecule has 0 aliphatic carbocycles. The van der Waals surface area contributed by atoms with Gasteiger partial charge in [-0.2, -0.15) is 22.0 Å². The van der Waals surface area contributed by atoms with Crippen LogP contribution in [0.5, 0.6) is 0 Å². The molecule has 0 radical (unpaired) electrons. The fraction of sp³-hybridized carbons (Fsp3) is 1.00. The van der Waals surface area contributed by atoms with Crippen LogP contribution in [0.1, 0.15) is 41.5 Å². The lowest BCUT2D eigenvalue weighted by Crippen LogP contribution is -2.71. The number of nitrogens with one attached hydrogen (secondary N) is 2. The van der Waals surface area contributed by atoms with Gasteiger partial charge in [-0.15, -0.1) is 0 Å². The summed E-state index contributed by atoms with van der Waals surface area (Å²) >= 11 is 0. The number of rotatable bonds is 3. The van der Waals surface area contributed by atoms with E-state index in [0.717, 1.165) is 0 Å². The molecule has 0 spiro atoms. The Bertz CT molecular complexity index is 261. The van der Waals surface area contributed by atoms with E-state index in [0.29, 0.717) is 0 Å². The molecule has 0 aliphatic rings. The van der Waals surface area contributed by atoms with E-state index in [1.54, 1.807) is 41.5 Å². The maximum absolute atomic E-state index is 13.5. The maximum Gasteiger partial charge on any atom is 0.451 e. The van der Waals surface area contributed by atoms with Crippen LogP contribution in [0.25, 0.3) is 0 Å². The van der Waals surface area contributed by atoms with Crippen molar-refractivity contribution in [3.8, 4) is 0 Å². The van der Waals surface area contributed by atoms with Gasteiger partial charge in [-0.25, -0.2) is 0 Å². The van der Waals surface area contributed by atoms with Crippen molar-refractivity contribution in [2.45, 2.75) is 64.3 Å². The molecule has 0 unspecified atom stereocenters. The van der Waals surface area contributed by atoms with Crippen LogP contribution in [0.3, 0.4) is 0 Å². The monoisotopic (exact) mass is 292 g/mol. The Morgan fingerprint density at radius 1 is 0.667 bits per heavy atom. The topological polar surface area (TPSA) is 24.1 Å². The van der Waals surface area contributed by atoms with Crippen molar-refractivity contribution in [3.05, 3.63) is 0 Å². The Morgan fingerprint density at radius 2 is 0.944 bits per heavy atom. The number of hydrogen-bond acceptors (Lipinski definition) is 2. The number of halogens is 5. The van der Waals surface area contributed by atoms with Gasteiger partial charge in [0.25, 0.3) is 9.12 Å². The van der Waals surface area contributed by atoms with E-state index in [2.05, 4.69) is 9.96 Å². The first-order valence-corrected chi connectivity index (χ1v) is 7.29. The summed E-state index contributed by atoms with van der Waals surface area (Å²) in [4.78, 5) is 4.83. The summed E-state index contributed by atoms with van der Waals surface area (Å²) < 4.78 is 64.3. The van der Waals surface area contributed by atoms with E-state index in [9.17, 15) is 22.0 Å². The van der Waals surface area contributed by atoms with Crippen LogP contribution in [-0.2, 0) is 0 Å². The molecule has 0 heterocycles. The average molecular weight is 292 g/mol. The molecule has 0 aromatic carbocycles. The van der Waals surface area contributed by atoms with E-state index < -0.39 is 31.9 Å². The summed E-state index contributed by atoms with van der Waals surface area (Å²) in [5.41, 5.74) is -6.35. The number of hydrogen-bond donors (Lipinski definition) is 2. The zero-order chi connectivity index (χ0) is 15.0. The van der Waals surface area contributed by atoms with Crippen molar-refractivity contribution in [1.82, 2.24) is 9.96 Å². The maximum atomic E-state index is 13.5. The average Bonchev–Trinajstić information content (AvgIpc) is 1.94. The Balaban J connectivity index is 5.22. The first kappa shape index (κ1) is 17.8. The third-order valence-electron chi connectivity index (χ3n) is 1.90. The standard InChI is InChI=1S/C10H21F5N2Si/c1-7(2,3)16-18(17-8(4,5)6)10(14,15)9(11,12)13/h16-18H,1-6H3. The van der Waals surface area contributed by atoms with E-state index >= 15 is 0 Å². The predicted octanol–water partition coefficient (Wildman–Crippen LogP) is 2.72. The van der Waals surface area contributed by atoms with Gasteiger partial charge in [0.15, 0.2) is 0 Å². The molecule has 0 aromatic rings. The fourth-order valence-corrected chi connectivity index (χ4v) is 3.74. The molecule has 8 heteroatoms. The molecular formula is C10H21F5N2Si. The Labute approximate surface area is 106 Å². The lowest BCUT2D eigenvalue weighted by Gasteiger charge is -2.37. The van der Waals surface area contributed by atoms with Gasteiger partial charge < -0.3 is 9.96 Å². The van der Waals surface area contributed by atoms with Gasteiger partial charge >= 0.3 is 11.7 Å². The SMILES string of the molecule is CC(C)(C)N[SiH](NC(C)(C)C)C(F)(F)C(F)(F)F. The highest BCUT2D eigenvalue weighted by atomic mass is 28.3. The highest BCUT2D eigenvalue weighted by molar-refractivity contribution is 6.56. The molecule has 18 heavy (non-hydrogen) atoms. The third-order valence-corrected chi connectivity index (χ3v) is 5.26. The molecule has 0 atom stereocenters. The molecule has 0 saturated heterocycles. The minimum absolute atomic E-state index is 0.816. The summed E-state index contributed by atoms with van der Waals surface area (Å²) in [6, 6.07) is 0. The minimum Gasteiger partial charge on any atom is -0.319 e. The fourth-order valence-electron chi connectivity index (χ4n) is 1.25. The lowest BCUT2D eigenvalue weighted by molar-refractivity contribution is -0.247. The second kappa shape index (κ2) is 5.05. The van der Waals surface area contributed by atoms with Gasteiger partial charge in [-0.3, -0.25) is 0 Å². The van der Waals surface area contributed by atoms with Crippen molar-refractivity contribution in [2.75, 3.05) is 0 Å². The zero-order valence-electron chi connectivity index (χ0n) is 11.5. The van der Waals surface area contributed by atoms with Crippen molar-refractivity contribution >= 4 is 9.12 Å². The van der Waals surface area contributed by atoms with Crippen LogP contribution in [0.15, 0.2) is 0 Å². The molecule has 0 rings (SSSR count). The zero-order valence-corrected chi connectivity index (χ0v) is 12.6. The summed E-state index contributed by atoms with van der Waals surface area (Å²) in [7, 11) is -3.78. The number of alkyl halides is 5. The van der Waals surface area contributed by atoms with Crippen LogP contribution in [0, 0.1) is 0 Å². The van der Waals surface area contributed by atoms with Crippen LogP contribution in [-0.4, -0.2) is 31.9 Å². The van der Waals surface area contributed by atoms with Crippen LogP contribution < -0.4 is 9.96 Å². The summed E-state index contributed by atoms with van der Waals surface area (Å²) in [6.45, 7) is 9.36. The highest BCUT2D eigenvalue weighted by Gasteiger charge is 2.64. The van der Waals surface area contributed by atoms with E-state index in [-0.39, 0.29) is 0 Å². The second-order valence-corrected chi connectivity index (χ2v) is 8.51. The van der Waals surface area contributed by atoms with E-state index in [4.69, 9.17) is 0 Å². The smallest absolute Gasteiger partial charge is 0.319 e. The first-order chi connectivity index (χ1) is 7.56. The van der Waals surface area contributed by atoms with Gasteiger partial charge in [-0.1, -0.05) is 0 Å². The Hall–Kier alpha value is -0.213. The van der Waals surface area contributed by atoms with Gasteiger partial charge in [0, 0.05) is 11.1 Å². The van der Waals surface area contributed by atoms with E-state index in [1.165, 1.54) is 0 Å². The third kappa shape index (κ3) is 5.62. The van der Waals surface area contributed by atoms with Crippen LogP contribution >= 0.6 is 0 Å². The van der Waals surface area contributed by atoms with Crippen LogP contribution in [0.4, 0.5) is 22.0 Å². The van der Waals surface area contributed by atoms with Crippen molar-refractivity contribution < 1.29 is 22.0 Å². The van der Waals surface area contributed by atoms with Crippen molar-refractivity contribution in [3.63, 3.8) is 0 Å². The Morgan fingerprint density at radius 3 is 1.11 bits per heavy atom. The molecule has 0 aliphatic heterocycles. The molecule has 0 saturated carbocycles. The largest absolute Gasteiger partial charge is 0.451 e. The predicted molar refractivity (Wildman–Crippen MR) is 63.9 cm³/mol. The normalized spacial score (nSPS) is 15.3. The highest BCUT2D eigenvalue weighted by Crippen LogP contribution is 2.36. The molecule has 0 aromatic heterocycles. The van der Waals surface area contributed by atoms with Gasteiger partial charge in [0.05, 0.1) is 0 Å². The van der Waals surface area contributed by atoms with Gasteiger partial charge in [0.2, 0.25) is 0 Å². The van der Waals surface area contributed by atoms with Gasteiger partial charge in [0.1, 0.15) is 0 Å². The second-order valence-electron chi connectivity index (χ2n) is 6.34. The minimum atomic E-state index is -5.54.